The van der Waals surface area contributed by atoms with Crippen molar-refractivity contribution in [2.24, 2.45) is 0 Å². The van der Waals surface area contributed by atoms with E-state index in [2.05, 4.69) is 25.2 Å². The summed E-state index contributed by atoms with van der Waals surface area (Å²) in [6.07, 6.45) is 4.17. The van der Waals surface area contributed by atoms with Crippen molar-refractivity contribution in [1.29, 1.82) is 0 Å². The van der Waals surface area contributed by atoms with Crippen molar-refractivity contribution in [2.45, 2.75) is 46.5 Å². The van der Waals surface area contributed by atoms with E-state index in [-0.39, 0.29) is 5.91 Å². The number of aryl methyl sites for hydroxylation is 2. The number of carbonyl (C=O) groups excluding carboxylic acids is 1. The molecule has 0 aliphatic heterocycles. The molecule has 1 amide bonds. The average molecular weight is 325 g/mol. The first kappa shape index (κ1) is 18.1. The van der Waals surface area contributed by atoms with Crippen LogP contribution in [0.3, 0.4) is 0 Å². The van der Waals surface area contributed by atoms with Gasteiger partial charge in [0.25, 0.3) is 5.91 Å². The maximum atomic E-state index is 12.8. The van der Waals surface area contributed by atoms with Gasteiger partial charge in [0.05, 0.1) is 12.2 Å². The minimum absolute atomic E-state index is 0.120. The first-order valence-electron chi connectivity index (χ1n) is 8.79. The molecule has 0 bridgehead atoms. The SMILES string of the molecule is CCCCCOc1ccccc1C(=O)Nc1c(C)cccc1CC. The average Bonchev–Trinajstić information content (AvgIpc) is 2.60. The van der Waals surface area contributed by atoms with Gasteiger partial charge in [0.15, 0.2) is 0 Å². The van der Waals surface area contributed by atoms with E-state index in [9.17, 15) is 4.79 Å². The van der Waals surface area contributed by atoms with Gasteiger partial charge < -0.3 is 10.1 Å². The second-order valence-electron chi connectivity index (χ2n) is 5.97. The monoisotopic (exact) mass is 325 g/mol. The van der Waals surface area contributed by atoms with Gasteiger partial charge in [-0.3, -0.25) is 4.79 Å². The number of carbonyl (C=O) groups is 1. The highest BCUT2D eigenvalue weighted by Gasteiger charge is 2.14. The quantitative estimate of drug-likeness (QED) is 0.662. The molecule has 0 aliphatic rings. The number of unbranched alkanes of at least 4 members (excludes halogenated alkanes) is 2. The number of nitrogens with one attached hydrogen (secondary N) is 1. The standard InChI is InChI=1S/C21H27NO2/c1-4-6-9-15-24-19-14-8-7-13-18(19)21(23)22-20-16(3)11-10-12-17(20)5-2/h7-8,10-14H,4-6,9,15H2,1-3H3,(H,22,23). The molecule has 128 valence electrons. The minimum Gasteiger partial charge on any atom is -0.493 e. The Bertz CT molecular complexity index is 679. The van der Waals surface area contributed by atoms with Crippen LogP contribution < -0.4 is 10.1 Å². The van der Waals surface area contributed by atoms with Crippen molar-refractivity contribution in [3.05, 3.63) is 59.2 Å². The second kappa shape index (κ2) is 9.11. The Balaban J connectivity index is 2.16. The first-order chi connectivity index (χ1) is 11.7. The van der Waals surface area contributed by atoms with Crippen molar-refractivity contribution in [2.75, 3.05) is 11.9 Å². The fourth-order valence-corrected chi connectivity index (χ4v) is 2.70. The lowest BCUT2D eigenvalue weighted by Gasteiger charge is -2.15. The molecule has 3 nitrogen and oxygen atoms in total. The summed E-state index contributed by atoms with van der Waals surface area (Å²) >= 11 is 0. The van der Waals surface area contributed by atoms with Crippen LogP contribution in [0.25, 0.3) is 0 Å². The third-order valence-electron chi connectivity index (χ3n) is 4.12. The third kappa shape index (κ3) is 4.60. The van der Waals surface area contributed by atoms with Crippen molar-refractivity contribution in [3.8, 4) is 5.75 Å². The molecule has 0 spiro atoms. The summed E-state index contributed by atoms with van der Waals surface area (Å²) in [5, 5.41) is 3.07. The number of para-hydroxylation sites is 2. The van der Waals surface area contributed by atoms with Crippen LogP contribution in [0.2, 0.25) is 0 Å². The Hall–Kier alpha value is -2.29. The number of hydrogen-bond donors (Lipinski definition) is 1. The maximum Gasteiger partial charge on any atom is 0.259 e. The largest absolute Gasteiger partial charge is 0.493 e. The van der Waals surface area contributed by atoms with Gasteiger partial charge in [0.1, 0.15) is 5.75 Å². The molecule has 0 radical (unpaired) electrons. The molecule has 24 heavy (non-hydrogen) atoms. The van der Waals surface area contributed by atoms with Gasteiger partial charge in [-0.15, -0.1) is 0 Å². The Morgan fingerprint density at radius 3 is 2.58 bits per heavy atom. The van der Waals surface area contributed by atoms with Crippen LogP contribution in [-0.4, -0.2) is 12.5 Å². The Kier molecular flexibility index (Phi) is 6.86. The van der Waals surface area contributed by atoms with E-state index >= 15 is 0 Å². The molecule has 0 unspecified atom stereocenters. The molecule has 0 fully saturated rings. The van der Waals surface area contributed by atoms with Gasteiger partial charge in [0, 0.05) is 5.69 Å². The predicted octanol–water partition coefficient (Wildman–Crippen LogP) is 5.38. The number of anilines is 1. The molecular formula is C21H27NO2. The fourth-order valence-electron chi connectivity index (χ4n) is 2.70. The Labute approximate surface area is 145 Å². The van der Waals surface area contributed by atoms with Gasteiger partial charge in [0.2, 0.25) is 0 Å². The van der Waals surface area contributed by atoms with Crippen LogP contribution in [0.1, 0.15) is 54.6 Å². The number of benzene rings is 2. The molecule has 2 aromatic carbocycles. The minimum atomic E-state index is -0.120. The van der Waals surface area contributed by atoms with Gasteiger partial charge in [-0.25, -0.2) is 0 Å². The highest BCUT2D eigenvalue weighted by atomic mass is 16.5. The van der Waals surface area contributed by atoms with E-state index in [1.54, 1.807) is 0 Å². The van der Waals surface area contributed by atoms with E-state index in [0.717, 1.165) is 42.5 Å². The highest BCUT2D eigenvalue weighted by Crippen LogP contribution is 2.24. The molecule has 0 saturated carbocycles. The van der Waals surface area contributed by atoms with Crippen molar-refractivity contribution >= 4 is 11.6 Å². The molecule has 0 atom stereocenters. The smallest absolute Gasteiger partial charge is 0.259 e. The van der Waals surface area contributed by atoms with Gasteiger partial charge >= 0.3 is 0 Å². The van der Waals surface area contributed by atoms with Crippen molar-refractivity contribution in [1.82, 2.24) is 0 Å². The van der Waals surface area contributed by atoms with E-state index in [4.69, 9.17) is 4.74 Å². The summed E-state index contributed by atoms with van der Waals surface area (Å²) in [5.41, 5.74) is 3.71. The number of rotatable bonds is 8. The molecule has 3 heteroatoms. The van der Waals surface area contributed by atoms with E-state index in [1.165, 1.54) is 0 Å². The molecule has 1 N–H and O–H groups in total. The van der Waals surface area contributed by atoms with Crippen molar-refractivity contribution in [3.63, 3.8) is 0 Å². The summed E-state index contributed by atoms with van der Waals surface area (Å²) in [5.74, 6) is 0.530. The lowest BCUT2D eigenvalue weighted by Crippen LogP contribution is -2.16. The zero-order valence-electron chi connectivity index (χ0n) is 14.9. The zero-order chi connectivity index (χ0) is 17.4. The van der Waals surface area contributed by atoms with E-state index in [1.807, 2.05) is 43.3 Å². The summed E-state index contributed by atoms with van der Waals surface area (Å²) in [6.45, 7) is 6.91. The summed E-state index contributed by atoms with van der Waals surface area (Å²) in [4.78, 5) is 12.8. The van der Waals surface area contributed by atoms with Crippen LogP contribution >= 0.6 is 0 Å². The van der Waals surface area contributed by atoms with E-state index < -0.39 is 0 Å². The van der Waals surface area contributed by atoms with Crippen LogP contribution in [0.4, 0.5) is 5.69 Å². The molecule has 0 aliphatic carbocycles. The maximum absolute atomic E-state index is 12.8. The highest BCUT2D eigenvalue weighted by molar-refractivity contribution is 6.06. The van der Waals surface area contributed by atoms with Crippen LogP contribution in [-0.2, 0) is 6.42 Å². The lowest BCUT2D eigenvalue weighted by atomic mass is 10.1. The molecule has 2 rings (SSSR count). The number of ether oxygens (including phenoxy) is 1. The Morgan fingerprint density at radius 2 is 1.83 bits per heavy atom. The van der Waals surface area contributed by atoms with Crippen LogP contribution in [0, 0.1) is 6.92 Å². The first-order valence-corrected chi connectivity index (χ1v) is 8.79. The van der Waals surface area contributed by atoms with Gasteiger partial charge in [-0.1, -0.05) is 57.0 Å². The fraction of sp³-hybridized carbons (Fsp3) is 0.381. The predicted molar refractivity (Wildman–Crippen MR) is 100.0 cm³/mol. The second-order valence-corrected chi connectivity index (χ2v) is 5.97. The number of hydrogen-bond acceptors (Lipinski definition) is 2. The van der Waals surface area contributed by atoms with Crippen molar-refractivity contribution < 1.29 is 9.53 Å². The lowest BCUT2D eigenvalue weighted by molar-refractivity contribution is 0.102. The summed E-state index contributed by atoms with van der Waals surface area (Å²) < 4.78 is 5.82. The van der Waals surface area contributed by atoms with Gasteiger partial charge in [-0.05, 0) is 43.0 Å². The van der Waals surface area contributed by atoms with Crippen LogP contribution in [0.15, 0.2) is 42.5 Å². The molecule has 0 saturated heterocycles. The summed E-state index contributed by atoms with van der Waals surface area (Å²) in [6, 6.07) is 13.5. The molecule has 0 aromatic heterocycles. The normalized spacial score (nSPS) is 10.5. The number of amides is 1. The van der Waals surface area contributed by atoms with Crippen LogP contribution in [0.5, 0.6) is 5.75 Å². The topological polar surface area (TPSA) is 38.3 Å². The van der Waals surface area contributed by atoms with Gasteiger partial charge in [-0.2, -0.15) is 0 Å². The molecule has 2 aromatic rings. The zero-order valence-corrected chi connectivity index (χ0v) is 14.9. The Morgan fingerprint density at radius 1 is 1.04 bits per heavy atom. The third-order valence-corrected chi connectivity index (χ3v) is 4.12. The molecule has 0 heterocycles. The summed E-state index contributed by atoms with van der Waals surface area (Å²) in [7, 11) is 0. The van der Waals surface area contributed by atoms with E-state index in [0.29, 0.717) is 17.9 Å². The molecular weight excluding hydrogens is 298 g/mol.